The fraction of sp³-hybridized carbons (Fsp3) is 0.231. The average Bonchev–Trinajstić information content (AvgIpc) is 2.84. The lowest BCUT2D eigenvalue weighted by Crippen LogP contribution is -2.20. The number of primary amides is 1. The van der Waals surface area contributed by atoms with Crippen molar-refractivity contribution in [2.24, 2.45) is 15.2 Å². The summed E-state index contributed by atoms with van der Waals surface area (Å²) in [6, 6.07) is 10.1. The first kappa shape index (κ1) is 15.4. The predicted octanol–water partition coefficient (Wildman–Crippen LogP) is 1.21. The largest absolute Gasteiger partial charge is 0.384 e. The van der Waals surface area contributed by atoms with E-state index in [2.05, 4.69) is 9.46 Å². The van der Waals surface area contributed by atoms with E-state index in [1.54, 1.807) is 24.6 Å². The molecule has 0 saturated heterocycles. The van der Waals surface area contributed by atoms with E-state index in [0.717, 1.165) is 5.69 Å². The molecule has 0 saturated carbocycles. The van der Waals surface area contributed by atoms with Crippen molar-refractivity contribution in [2.45, 2.75) is 24.5 Å². The van der Waals surface area contributed by atoms with Crippen LogP contribution in [0.1, 0.15) is 19.5 Å². The molecule has 0 aliphatic heterocycles. The van der Waals surface area contributed by atoms with Gasteiger partial charge in [-0.3, -0.25) is 5.14 Å². The van der Waals surface area contributed by atoms with Gasteiger partial charge in [-0.1, -0.05) is 18.2 Å². The maximum Gasteiger partial charge on any atom is 0.345 e. The summed E-state index contributed by atoms with van der Waals surface area (Å²) in [6.45, 7) is 3.29. The van der Waals surface area contributed by atoms with Crippen LogP contribution in [-0.4, -0.2) is 20.9 Å². The SMILES string of the molecule is CC(C)(O)c1cc(/S(N)=N/C(N)=O)nn1-c1ccccc1. The highest BCUT2D eigenvalue weighted by Gasteiger charge is 2.24. The van der Waals surface area contributed by atoms with E-state index in [0.29, 0.717) is 10.7 Å². The molecule has 1 unspecified atom stereocenters. The van der Waals surface area contributed by atoms with E-state index >= 15 is 0 Å². The molecule has 0 fully saturated rings. The molecule has 0 aliphatic carbocycles. The lowest BCUT2D eigenvalue weighted by atomic mass is 10.1. The number of benzene rings is 1. The lowest BCUT2D eigenvalue weighted by molar-refractivity contribution is 0.0711. The third-order valence-electron chi connectivity index (χ3n) is 2.72. The van der Waals surface area contributed by atoms with E-state index in [-0.39, 0.29) is 0 Å². The van der Waals surface area contributed by atoms with Crippen LogP contribution < -0.4 is 10.9 Å². The molecule has 5 N–H and O–H groups in total. The van der Waals surface area contributed by atoms with Gasteiger partial charge >= 0.3 is 6.03 Å². The second-order valence-electron chi connectivity index (χ2n) is 4.92. The van der Waals surface area contributed by atoms with E-state index in [4.69, 9.17) is 10.9 Å². The van der Waals surface area contributed by atoms with Gasteiger partial charge in [-0.2, -0.15) is 9.46 Å². The highest BCUT2D eigenvalue weighted by atomic mass is 32.2. The Morgan fingerprint density at radius 3 is 2.52 bits per heavy atom. The van der Waals surface area contributed by atoms with Crippen LogP contribution in [0.15, 0.2) is 45.8 Å². The summed E-state index contributed by atoms with van der Waals surface area (Å²) >= 11 is 0. The molecule has 8 heteroatoms. The molecule has 0 aliphatic rings. The van der Waals surface area contributed by atoms with Crippen LogP contribution >= 0.6 is 0 Å². The molecule has 2 rings (SSSR count). The van der Waals surface area contributed by atoms with Gasteiger partial charge in [0.2, 0.25) is 0 Å². The number of aliphatic hydroxyl groups is 1. The van der Waals surface area contributed by atoms with Crippen molar-refractivity contribution in [1.29, 1.82) is 0 Å². The van der Waals surface area contributed by atoms with E-state index in [1.807, 2.05) is 30.3 Å². The fourth-order valence-corrected chi connectivity index (χ4v) is 2.49. The molecule has 0 spiro atoms. The number of carbonyl (C=O) groups is 1. The van der Waals surface area contributed by atoms with Crippen molar-refractivity contribution < 1.29 is 9.90 Å². The molecule has 2 aromatic rings. The van der Waals surface area contributed by atoms with E-state index in [1.165, 1.54) is 0 Å². The molecule has 2 amide bonds. The molecule has 0 bridgehead atoms. The summed E-state index contributed by atoms with van der Waals surface area (Å²) in [7, 11) is -1.25. The molecule has 1 aromatic heterocycles. The zero-order valence-electron chi connectivity index (χ0n) is 11.7. The summed E-state index contributed by atoms with van der Waals surface area (Å²) in [6.07, 6.45) is 0. The third kappa shape index (κ3) is 3.54. The normalized spacial score (nSPS) is 13.3. The van der Waals surface area contributed by atoms with E-state index < -0.39 is 22.5 Å². The number of nitrogens with two attached hydrogens (primary N) is 2. The topological polar surface area (TPSA) is 120 Å². The van der Waals surface area contributed by atoms with Gasteiger partial charge in [0.25, 0.3) is 0 Å². The lowest BCUT2D eigenvalue weighted by Gasteiger charge is -2.18. The van der Waals surface area contributed by atoms with Crippen LogP contribution in [0.2, 0.25) is 0 Å². The number of hydrogen-bond donors (Lipinski definition) is 3. The second kappa shape index (κ2) is 5.76. The number of hydrogen-bond acceptors (Lipinski definition) is 3. The van der Waals surface area contributed by atoms with E-state index in [9.17, 15) is 9.90 Å². The highest BCUT2D eigenvalue weighted by molar-refractivity contribution is 7.85. The summed E-state index contributed by atoms with van der Waals surface area (Å²) in [5.41, 5.74) is 5.21. The molecule has 7 nitrogen and oxygen atoms in total. The smallest absolute Gasteiger partial charge is 0.345 e. The van der Waals surface area contributed by atoms with Crippen molar-refractivity contribution in [3.63, 3.8) is 0 Å². The van der Waals surface area contributed by atoms with Crippen molar-refractivity contribution in [2.75, 3.05) is 0 Å². The van der Waals surface area contributed by atoms with Gasteiger partial charge in [-0.15, -0.1) is 0 Å². The molecular weight excluding hydrogens is 290 g/mol. The summed E-state index contributed by atoms with van der Waals surface area (Å²) in [5, 5.41) is 20.8. The molecule has 1 atom stereocenters. The first-order valence-corrected chi connectivity index (χ1v) is 7.42. The van der Waals surface area contributed by atoms with Gasteiger partial charge in [0.05, 0.1) is 11.4 Å². The van der Waals surface area contributed by atoms with Crippen LogP contribution in [0, 0.1) is 0 Å². The number of rotatable bonds is 3. The van der Waals surface area contributed by atoms with Gasteiger partial charge in [0, 0.05) is 10.9 Å². The second-order valence-corrected chi connectivity index (χ2v) is 6.15. The van der Waals surface area contributed by atoms with Gasteiger partial charge < -0.3 is 10.8 Å². The standard InChI is InChI=1S/C13H17N5O2S/c1-13(2,20)10-8-11(21(15)17-12(14)19)16-18(10)9-6-4-3-5-7-9/h3-8,20H,1-2H3,(H4,14,15,17,19). The first-order chi connectivity index (χ1) is 9.79. The van der Waals surface area contributed by atoms with Crippen LogP contribution in [0.3, 0.4) is 0 Å². The number of urea groups is 1. The van der Waals surface area contributed by atoms with Crippen molar-refractivity contribution in [3.05, 3.63) is 42.1 Å². The minimum absolute atomic E-state index is 0.384. The maximum absolute atomic E-state index is 10.8. The molecule has 1 aromatic carbocycles. The zero-order valence-corrected chi connectivity index (χ0v) is 12.5. The Bertz CT molecular complexity index is 688. The van der Waals surface area contributed by atoms with Crippen LogP contribution in [0.4, 0.5) is 4.79 Å². The fourth-order valence-electron chi connectivity index (χ4n) is 1.81. The van der Waals surface area contributed by atoms with Crippen molar-refractivity contribution in [3.8, 4) is 5.69 Å². The molecule has 21 heavy (non-hydrogen) atoms. The van der Waals surface area contributed by atoms with Gasteiger partial charge in [-0.25, -0.2) is 9.48 Å². The van der Waals surface area contributed by atoms with Gasteiger partial charge in [0.15, 0.2) is 0 Å². The van der Waals surface area contributed by atoms with Gasteiger partial charge in [-0.05, 0) is 32.0 Å². The minimum Gasteiger partial charge on any atom is -0.384 e. The molecular formula is C13H17N5O2S. The molecule has 0 radical (unpaired) electrons. The first-order valence-electron chi connectivity index (χ1n) is 6.17. The van der Waals surface area contributed by atoms with Crippen molar-refractivity contribution in [1.82, 2.24) is 9.78 Å². The highest BCUT2D eigenvalue weighted by Crippen LogP contribution is 2.24. The number of amides is 2. The number of nitrogens with zero attached hydrogens (tertiary/aromatic N) is 3. The summed E-state index contributed by atoms with van der Waals surface area (Å²) in [5.74, 6) is 0. The third-order valence-corrected chi connectivity index (χ3v) is 3.72. The van der Waals surface area contributed by atoms with Gasteiger partial charge in [0.1, 0.15) is 10.6 Å². The van der Waals surface area contributed by atoms with Crippen LogP contribution in [0.25, 0.3) is 5.69 Å². The minimum atomic E-state index is -1.25. The average molecular weight is 307 g/mol. The predicted molar refractivity (Wildman–Crippen MR) is 80.6 cm³/mol. The molecule has 1 heterocycles. The Labute approximate surface area is 124 Å². The zero-order chi connectivity index (χ0) is 15.6. The monoisotopic (exact) mass is 307 g/mol. The number of carbonyl (C=O) groups excluding carboxylic acids is 1. The maximum atomic E-state index is 10.8. The molecule has 112 valence electrons. The number of aromatic nitrogens is 2. The quantitative estimate of drug-likeness (QED) is 0.789. The van der Waals surface area contributed by atoms with Crippen molar-refractivity contribution >= 4 is 16.9 Å². The summed E-state index contributed by atoms with van der Waals surface area (Å²) in [4.78, 5) is 10.8. The Morgan fingerprint density at radius 1 is 1.38 bits per heavy atom. The Kier molecular flexibility index (Phi) is 4.21. The summed E-state index contributed by atoms with van der Waals surface area (Å²) < 4.78 is 5.15. The number of para-hydroxylation sites is 1. The Balaban J connectivity index is 2.59. The Morgan fingerprint density at radius 2 is 2.00 bits per heavy atom. The van der Waals surface area contributed by atoms with Crippen LogP contribution in [0.5, 0.6) is 0 Å². The van der Waals surface area contributed by atoms with Crippen LogP contribution in [-0.2, 0) is 16.5 Å². The Hall–Kier alpha value is -2.03.